The molecule has 0 spiro atoms. The molecule has 18 heavy (non-hydrogen) atoms. The van der Waals surface area contributed by atoms with Crippen LogP contribution < -0.4 is 10.1 Å². The molecule has 0 saturated heterocycles. The minimum absolute atomic E-state index is 0.0544. The Labute approximate surface area is 109 Å². The van der Waals surface area contributed by atoms with Gasteiger partial charge in [0.25, 0.3) is 0 Å². The largest absolute Gasteiger partial charge is 0.497 e. The van der Waals surface area contributed by atoms with Gasteiger partial charge in [-0.2, -0.15) is 0 Å². The zero-order valence-electron chi connectivity index (χ0n) is 11.3. The molecule has 1 aromatic rings. The maximum atomic E-state index is 12.5. The highest BCUT2D eigenvalue weighted by Crippen LogP contribution is 2.23. The Morgan fingerprint density at radius 3 is 2.56 bits per heavy atom. The molecule has 0 fully saturated rings. The summed E-state index contributed by atoms with van der Waals surface area (Å²) in [6.45, 7) is 3.71. The Hall–Kier alpha value is -1.07. The van der Waals surface area contributed by atoms with Gasteiger partial charge in [0.2, 0.25) is 0 Å². The third kappa shape index (κ3) is 3.03. The van der Waals surface area contributed by atoms with E-state index in [1.54, 1.807) is 38.2 Å². The van der Waals surface area contributed by atoms with E-state index in [2.05, 4.69) is 5.32 Å². The van der Waals surface area contributed by atoms with Gasteiger partial charge in [-0.15, -0.1) is 0 Å². The molecule has 5 heteroatoms. The molecule has 0 aliphatic heterocycles. The summed E-state index contributed by atoms with van der Waals surface area (Å²) in [6, 6.07) is 6.55. The summed E-state index contributed by atoms with van der Waals surface area (Å²) < 4.78 is 30.0. The number of nitrogens with one attached hydrogen (secondary N) is 1. The Morgan fingerprint density at radius 2 is 2.06 bits per heavy atom. The number of ether oxygens (including phenoxy) is 1. The highest BCUT2D eigenvalue weighted by molar-refractivity contribution is 7.92. The first-order valence-electron chi connectivity index (χ1n) is 6.02. The summed E-state index contributed by atoms with van der Waals surface area (Å²) in [7, 11) is -0.0286. The van der Waals surface area contributed by atoms with Crippen LogP contribution in [0.3, 0.4) is 0 Å². The van der Waals surface area contributed by atoms with E-state index in [0.717, 1.165) is 6.42 Å². The van der Waals surface area contributed by atoms with E-state index in [4.69, 9.17) is 4.74 Å². The zero-order chi connectivity index (χ0) is 13.8. The number of rotatable bonds is 6. The summed E-state index contributed by atoms with van der Waals surface area (Å²) in [5, 5.41) is 2.57. The number of methoxy groups -OCH3 is 1. The first-order valence-corrected chi connectivity index (χ1v) is 7.57. The maximum absolute atomic E-state index is 12.5. The monoisotopic (exact) mass is 271 g/mol. The molecule has 2 unspecified atom stereocenters. The van der Waals surface area contributed by atoms with Crippen LogP contribution >= 0.6 is 0 Å². The van der Waals surface area contributed by atoms with Crippen molar-refractivity contribution in [2.24, 2.45) is 0 Å². The van der Waals surface area contributed by atoms with Crippen molar-refractivity contribution in [1.29, 1.82) is 0 Å². The molecular weight excluding hydrogens is 250 g/mol. The fourth-order valence-electron chi connectivity index (χ4n) is 1.98. The number of hydrogen-bond acceptors (Lipinski definition) is 4. The van der Waals surface area contributed by atoms with Crippen molar-refractivity contribution in [3.05, 3.63) is 24.3 Å². The molecule has 1 N–H and O–H groups in total. The normalized spacial score (nSPS) is 15.1. The summed E-state index contributed by atoms with van der Waals surface area (Å²) in [6.07, 6.45) is 0.765. The van der Waals surface area contributed by atoms with Crippen molar-refractivity contribution < 1.29 is 13.2 Å². The Kier molecular flexibility index (Phi) is 5.16. The zero-order valence-corrected chi connectivity index (χ0v) is 12.1. The van der Waals surface area contributed by atoms with Gasteiger partial charge in [-0.05, 0) is 38.6 Å². The molecule has 0 aliphatic rings. The third-order valence-corrected chi connectivity index (χ3v) is 5.45. The molecule has 4 nitrogen and oxygen atoms in total. The first-order chi connectivity index (χ1) is 8.47. The second-order valence-corrected chi connectivity index (χ2v) is 6.54. The second-order valence-electron chi connectivity index (χ2n) is 4.23. The van der Waals surface area contributed by atoms with Crippen LogP contribution in [0.1, 0.15) is 20.3 Å². The lowest BCUT2D eigenvalue weighted by atomic mass is 10.2. The van der Waals surface area contributed by atoms with E-state index >= 15 is 0 Å². The number of benzene rings is 1. The molecule has 2 atom stereocenters. The lowest BCUT2D eigenvalue weighted by Gasteiger charge is -2.22. The molecule has 0 heterocycles. The quantitative estimate of drug-likeness (QED) is 0.858. The molecule has 102 valence electrons. The van der Waals surface area contributed by atoms with Gasteiger partial charge in [-0.25, -0.2) is 8.42 Å². The Balaban J connectivity index is 3.12. The van der Waals surface area contributed by atoms with Crippen LogP contribution in [0.25, 0.3) is 0 Å². The molecule has 0 saturated carbocycles. The number of sulfone groups is 1. The molecule has 0 aliphatic carbocycles. The van der Waals surface area contributed by atoms with E-state index in [9.17, 15) is 8.42 Å². The number of hydrogen-bond donors (Lipinski definition) is 1. The van der Waals surface area contributed by atoms with E-state index in [1.807, 2.05) is 6.92 Å². The second kappa shape index (κ2) is 6.20. The van der Waals surface area contributed by atoms with Gasteiger partial charge in [0.1, 0.15) is 5.75 Å². The minimum Gasteiger partial charge on any atom is -0.497 e. The van der Waals surface area contributed by atoms with Crippen LogP contribution in [-0.4, -0.2) is 33.9 Å². The van der Waals surface area contributed by atoms with Gasteiger partial charge in [0.05, 0.1) is 17.3 Å². The minimum atomic E-state index is -3.34. The summed E-state index contributed by atoms with van der Waals surface area (Å²) >= 11 is 0. The van der Waals surface area contributed by atoms with Crippen molar-refractivity contribution in [1.82, 2.24) is 5.32 Å². The SMILES string of the molecule is CCC(NC)C(C)S(=O)(=O)c1cccc(OC)c1. The lowest BCUT2D eigenvalue weighted by molar-refractivity contribution is 0.413. The van der Waals surface area contributed by atoms with Crippen LogP contribution in [-0.2, 0) is 9.84 Å². The summed E-state index contributed by atoms with van der Waals surface area (Å²) in [5.74, 6) is 0.556. The van der Waals surface area contributed by atoms with E-state index < -0.39 is 15.1 Å². The fraction of sp³-hybridized carbons (Fsp3) is 0.538. The average molecular weight is 271 g/mol. The van der Waals surface area contributed by atoms with Crippen LogP contribution in [0.2, 0.25) is 0 Å². The third-order valence-electron chi connectivity index (χ3n) is 3.24. The smallest absolute Gasteiger partial charge is 0.182 e. The van der Waals surface area contributed by atoms with Crippen LogP contribution in [0, 0.1) is 0 Å². The highest BCUT2D eigenvalue weighted by atomic mass is 32.2. The van der Waals surface area contributed by atoms with Crippen molar-refractivity contribution in [3.63, 3.8) is 0 Å². The molecule has 0 radical (unpaired) electrons. The lowest BCUT2D eigenvalue weighted by Crippen LogP contribution is -2.40. The van der Waals surface area contributed by atoms with Gasteiger partial charge in [-0.1, -0.05) is 13.0 Å². The fourth-order valence-corrected chi connectivity index (χ4v) is 3.72. The predicted molar refractivity (Wildman–Crippen MR) is 72.8 cm³/mol. The molecule has 1 rings (SSSR count). The first kappa shape index (κ1) is 15.0. The summed E-state index contributed by atoms with van der Waals surface area (Å²) in [5.41, 5.74) is 0. The highest BCUT2D eigenvalue weighted by Gasteiger charge is 2.29. The topological polar surface area (TPSA) is 55.4 Å². The molecule has 0 aromatic heterocycles. The Bertz CT molecular complexity index is 481. The van der Waals surface area contributed by atoms with Crippen molar-refractivity contribution >= 4 is 9.84 Å². The van der Waals surface area contributed by atoms with Gasteiger partial charge in [-0.3, -0.25) is 0 Å². The average Bonchev–Trinajstić information content (AvgIpc) is 2.40. The van der Waals surface area contributed by atoms with Crippen LogP contribution in [0.15, 0.2) is 29.2 Å². The Morgan fingerprint density at radius 1 is 1.39 bits per heavy atom. The molecular formula is C13H21NO3S. The van der Waals surface area contributed by atoms with E-state index in [-0.39, 0.29) is 6.04 Å². The van der Waals surface area contributed by atoms with Crippen molar-refractivity contribution in [2.75, 3.05) is 14.2 Å². The van der Waals surface area contributed by atoms with Gasteiger partial charge in [0, 0.05) is 6.04 Å². The van der Waals surface area contributed by atoms with Gasteiger partial charge < -0.3 is 10.1 Å². The van der Waals surface area contributed by atoms with E-state index in [1.165, 1.54) is 7.11 Å². The van der Waals surface area contributed by atoms with E-state index in [0.29, 0.717) is 10.6 Å². The van der Waals surface area contributed by atoms with Gasteiger partial charge in [0.15, 0.2) is 9.84 Å². The molecule has 0 bridgehead atoms. The molecule has 0 amide bonds. The summed E-state index contributed by atoms with van der Waals surface area (Å²) in [4.78, 5) is 0.308. The van der Waals surface area contributed by atoms with Crippen molar-refractivity contribution in [2.45, 2.75) is 36.5 Å². The van der Waals surface area contributed by atoms with Crippen LogP contribution in [0.4, 0.5) is 0 Å². The van der Waals surface area contributed by atoms with Gasteiger partial charge >= 0.3 is 0 Å². The maximum Gasteiger partial charge on any atom is 0.182 e. The van der Waals surface area contributed by atoms with Crippen LogP contribution in [0.5, 0.6) is 5.75 Å². The standard InChI is InChI=1S/C13H21NO3S/c1-5-13(14-3)10(2)18(15,16)12-8-6-7-11(9-12)17-4/h6-10,13-14H,5H2,1-4H3. The molecule has 1 aromatic carbocycles. The van der Waals surface area contributed by atoms with Crippen molar-refractivity contribution in [3.8, 4) is 5.75 Å². The predicted octanol–water partition coefficient (Wildman–Crippen LogP) is 1.86.